The Hall–Kier alpha value is -4.47. The fourth-order valence-electron chi connectivity index (χ4n) is 2.91. The summed E-state index contributed by atoms with van der Waals surface area (Å²) in [7, 11) is 2.53. The highest BCUT2D eigenvalue weighted by atomic mass is 16.5. The van der Waals surface area contributed by atoms with Crippen LogP contribution in [0.4, 0.5) is 10.5 Å². The summed E-state index contributed by atoms with van der Waals surface area (Å²) in [6, 6.07) is 8.56. The molecule has 0 aliphatic carbocycles. The molecule has 3 rings (SSSR count). The molecule has 0 atom stereocenters. The van der Waals surface area contributed by atoms with Gasteiger partial charge in [-0.2, -0.15) is 0 Å². The normalized spacial score (nSPS) is 15.0. The number of hydrogen-bond acceptors (Lipinski definition) is 7. The number of carbonyl (C=O) groups is 5. The number of methoxy groups -OCH3 is 2. The molecule has 0 saturated carbocycles. The maximum absolute atomic E-state index is 12.9. The number of aromatic carboxylic acids is 1. The summed E-state index contributed by atoms with van der Waals surface area (Å²) in [6.07, 6.45) is 1.17. The smallest absolute Gasteiger partial charge is 0.339 e. The Morgan fingerprint density at radius 2 is 1.71 bits per heavy atom. The lowest BCUT2D eigenvalue weighted by molar-refractivity contribution is -0.122. The van der Waals surface area contributed by atoms with Crippen LogP contribution in [0.2, 0.25) is 0 Å². The first-order valence-electron chi connectivity index (χ1n) is 8.78. The molecular weight excluding hydrogens is 408 g/mol. The number of hydrogen-bond donors (Lipinski definition) is 2. The van der Waals surface area contributed by atoms with Gasteiger partial charge in [0.25, 0.3) is 11.8 Å². The number of amides is 4. The minimum absolute atomic E-state index is 0.108. The van der Waals surface area contributed by atoms with Gasteiger partial charge >= 0.3 is 18.0 Å². The van der Waals surface area contributed by atoms with E-state index < -0.39 is 29.8 Å². The Morgan fingerprint density at radius 1 is 1.03 bits per heavy atom. The molecule has 4 amide bonds. The predicted molar refractivity (Wildman–Crippen MR) is 107 cm³/mol. The topological polar surface area (TPSA) is 139 Å². The van der Waals surface area contributed by atoms with Crippen LogP contribution in [-0.2, 0) is 14.3 Å². The molecule has 2 aromatic carbocycles. The number of ether oxygens (including phenoxy) is 2. The Kier molecular flexibility index (Phi) is 5.82. The number of anilines is 1. The quantitative estimate of drug-likeness (QED) is 0.421. The SMILES string of the molecule is COC(=O)c1ccc(N2C(=O)NC(=O)/C(=C/c3ccc(OC)c(C(=O)O)c3)C2=O)cc1. The van der Waals surface area contributed by atoms with Gasteiger partial charge in [-0.3, -0.25) is 14.9 Å². The van der Waals surface area contributed by atoms with Crippen LogP contribution >= 0.6 is 0 Å². The minimum Gasteiger partial charge on any atom is -0.496 e. The third-order valence-electron chi connectivity index (χ3n) is 4.41. The van der Waals surface area contributed by atoms with E-state index in [1.807, 2.05) is 0 Å². The van der Waals surface area contributed by atoms with Gasteiger partial charge in [0.2, 0.25) is 0 Å². The van der Waals surface area contributed by atoms with Crippen LogP contribution in [0.1, 0.15) is 26.3 Å². The molecule has 2 aromatic rings. The van der Waals surface area contributed by atoms with Gasteiger partial charge in [-0.25, -0.2) is 19.3 Å². The van der Waals surface area contributed by atoms with E-state index in [0.29, 0.717) is 0 Å². The van der Waals surface area contributed by atoms with Crippen LogP contribution in [0.5, 0.6) is 5.75 Å². The van der Waals surface area contributed by atoms with E-state index in [1.165, 1.54) is 62.8 Å². The number of carboxylic acids is 1. The molecule has 10 nitrogen and oxygen atoms in total. The first kappa shape index (κ1) is 21.2. The summed E-state index contributed by atoms with van der Waals surface area (Å²) in [5.74, 6) is -3.57. The van der Waals surface area contributed by atoms with Crippen molar-refractivity contribution in [2.45, 2.75) is 0 Å². The van der Waals surface area contributed by atoms with Crippen LogP contribution < -0.4 is 15.0 Å². The Balaban J connectivity index is 1.99. The third-order valence-corrected chi connectivity index (χ3v) is 4.41. The Labute approximate surface area is 175 Å². The number of carbonyl (C=O) groups excluding carboxylic acids is 4. The number of rotatable bonds is 5. The maximum Gasteiger partial charge on any atom is 0.339 e. The average molecular weight is 424 g/mol. The van der Waals surface area contributed by atoms with E-state index in [-0.39, 0.29) is 33.7 Å². The number of benzene rings is 2. The summed E-state index contributed by atoms with van der Waals surface area (Å²) >= 11 is 0. The molecule has 0 aromatic heterocycles. The van der Waals surface area contributed by atoms with Crippen molar-refractivity contribution in [2.75, 3.05) is 19.1 Å². The molecule has 10 heteroatoms. The number of imide groups is 2. The van der Waals surface area contributed by atoms with Gasteiger partial charge in [0.05, 0.1) is 25.5 Å². The van der Waals surface area contributed by atoms with Crippen LogP contribution in [0, 0.1) is 0 Å². The highest BCUT2D eigenvalue weighted by Crippen LogP contribution is 2.25. The fraction of sp³-hybridized carbons (Fsp3) is 0.0952. The summed E-state index contributed by atoms with van der Waals surface area (Å²) in [4.78, 5) is 61.2. The van der Waals surface area contributed by atoms with Crippen molar-refractivity contribution in [3.8, 4) is 5.75 Å². The van der Waals surface area contributed by atoms with Crippen LogP contribution in [0.3, 0.4) is 0 Å². The third kappa shape index (κ3) is 4.13. The van der Waals surface area contributed by atoms with Crippen molar-refractivity contribution in [3.05, 3.63) is 64.7 Å². The van der Waals surface area contributed by atoms with Gasteiger partial charge in [0.15, 0.2) is 0 Å². The molecule has 1 heterocycles. The average Bonchev–Trinajstić information content (AvgIpc) is 2.76. The fourth-order valence-corrected chi connectivity index (χ4v) is 2.91. The summed E-state index contributed by atoms with van der Waals surface area (Å²) in [5.41, 5.74) is 0.0361. The largest absolute Gasteiger partial charge is 0.496 e. The zero-order valence-electron chi connectivity index (χ0n) is 16.4. The van der Waals surface area contributed by atoms with Crippen molar-refractivity contribution < 1.29 is 38.6 Å². The highest BCUT2D eigenvalue weighted by Gasteiger charge is 2.36. The number of nitrogens with one attached hydrogen (secondary N) is 1. The summed E-state index contributed by atoms with van der Waals surface area (Å²) < 4.78 is 9.58. The molecule has 1 aliphatic heterocycles. The maximum atomic E-state index is 12.9. The van der Waals surface area contributed by atoms with E-state index in [2.05, 4.69) is 10.1 Å². The van der Waals surface area contributed by atoms with Crippen LogP contribution in [0.25, 0.3) is 6.08 Å². The lowest BCUT2D eigenvalue weighted by atomic mass is 10.0. The molecule has 31 heavy (non-hydrogen) atoms. The second-order valence-electron chi connectivity index (χ2n) is 6.26. The number of carboxylic acid groups (broad SMARTS) is 1. The van der Waals surface area contributed by atoms with Gasteiger partial charge in [-0.1, -0.05) is 6.07 Å². The highest BCUT2D eigenvalue weighted by molar-refractivity contribution is 6.39. The van der Waals surface area contributed by atoms with Crippen molar-refractivity contribution >= 4 is 41.5 Å². The predicted octanol–water partition coefficient (Wildman–Crippen LogP) is 1.85. The minimum atomic E-state index is -1.25. The second kappa shape index (κ2) is 8.49. The monoisotopic (exact) mass is 424 g/mol. The van der Waals surface area contributed by atoms with Gasteiger partial charge in [0, 0.05) is 0 Å². The molecule has 1 aliphatic rings. The van der Waals surface area contributed by atoms with E-state index >= 15 is 0 Å². The van der Waals surface area contributed by atoms with Gasteiger partial charge in [-0.05, 0) is 48.0 Å². The van der Waals surface area contributed by atoms with E-state index in [4.69, 9.17) is 4.74 Å². The summed E-state index contributed by atoms with van der Waals surface area (Å²) in [6.45, 7) is 0. The van der Waals surface area contributed by atoms with Crippen molar-refractivity contribution in [1.82, 2.24) is 5.32 Å². The number of barbiturate groups is 1. The molecule has 0 unspecified atom stereocenters. The number of esters is 1. The zero-order chi connectivity index (χ0) is 22.7. The lowest BCUT2D eigenvalue weighted by Gasteiger charge is -2.26. The van der Waals surface area contributed by atoms with Gasteiger partial charge < -0.3 is 14.6 Å². The van der Waals surface area contributed by atoms with Crippen LogP contribution in [0.15, 0.2) is 48.0 Å². The van der Waals surface area contributed by atoms with Gasteiger partial charge in [-0.15, -0.1) is 0 Å². The standard InChI is InChI=1S/C21H16N2O8/c1-30-16-8-3-11(9-14(16)19(26)27)10-15-17(24)22-21(29)23(18(15)25)13-6-4-12(5-7-13)20(28)31-2/h3-10H,1-2H3,(H,26,27)(H,22,24,29)/b15-10-. The molecule has 2 N–H and O–H groups in total. The van der Waals surface area contributed by atoms with Crippen molar-refractivity contribution in [2.24, 2.45) is 0 Å². The number of nitrogens with zero attached hydrogens (tertiary/aromatic N) is 1. The first-order valence-corrected chi connectivity index (χ1v) is 8.78. The Morgan fingerprint density at radius 3 is 2.29 bits per heavy atom. The molecule has 0 bridgehead atoms. The molecular formula is C21H16N2O8. The first-order chi connectivity index (χ1) is 14.8. The van der Waals surface area contributed by atoms with Gasteiger partial charge in [0.1, 0.15) is 16.9 Å². The Bertz CT molecular complexity index is 1130. The number of urea groups is 1. The molecule has 0 spiro atoms. The molecule has 158 valence electrons. The lowest BCUT2D eigenvalue weighted by Crippen LogP contribution is -2.54. The van der Waals surface area contributed by atoms with Crippen molar-refractivity contribution in [1.29, 1.82) is 0 Å². The van der Waals surface area contributed by atoms with E-state index in [0.717, 1.165) is 4.90 Å². The summed E-state index contributed by atoms with van der Waals surface area (Å²) in [5, 5.41) is 11.4. The zero-order valence-corrected chi connectivity index (χ0v) is 16.4. The van der Waals surface area contributed by atoms with E-state index in [1.54, 1.807) is 0 Å². The second-order valence-corrected chi connectivity index (χ2v) is 6.26. The molecule has 1 saturated heterocycles. The molecule has 1 fully saturated rings. The molecule has 0 radical (unpaired) electrons. The van der Waals surface area contributed by atoms with Crippen LogP contribution in [-0.4, -0.2) is 49.1 Å². The van der Waals surface area contributed by atoms with E-state index in [9.17, 15) is 29.1 Å². The van der Waals surface area contributed by atoms with Crippen molar-refractivity contribution in [3.63, 3.8) is 0 Å².